The van der Waals surface area contributed by atoms with Gasteiger partial charge in [0.1, 0.15) is 11.5 Å². The Kier molecular flexibility index (Phi) is 6.78. The fraction of sp³-hybridized carbons (Fsp3) is 0.385. The highest BCUT2D eigenvalue weighted by Crippen LogP contribution is 2.25. The second-order valence-corrected chi connectivity index (χ2v) is 8.60. The highest BCUT2D eigenvalue weighted by Gasteiger charge is 2.25. The number of carbonyl (C=O) groups is 1. The maximum atomic E-state index is 13.1. The molecule has 1 saturated heterocycles. The van der Waals surface area contributed by atoms with E-state index in [0.717, 1.165) is 42.2 Å². The first kappa shape index (κ1) is 21.9. The number of anilines is 1. The standard InChI is InChI=1S/C26H31N3O3/c1-19(2)16-23-24(32-26(27-23)20-8-5-4-6-9-20)18-25(30)29-14-12-28(13-15-29)21-10-7-11-22(17-21)31-3/h4-11,17,19H,12-16,18H2,1-3H3. The summed E-state index contributed by atoms with van der Waals surface area (Å²) in [6, 6.07) is 17.9. The number of ether oxygens (including phenoxy) is 1. The Morgan fingerprint density at radius 1 is 1.06 bits per heavy atom. The molecule has 1 fully saturated rings. The van der Waals surface area contributed by atoms with E-state index in [4.69, 9.17) is 14.1 Å². The van der Waals surface area contributed by atoms with Gasteiger partial charge in [0, 0.05) is 43.5 Å². The number of aromatic nitrogens is 1. The Morgan fingerprint density at radius 2 is 1.81 bits per heavy atom. The zero-order valence-electron chi connectivity index (χ0n) is 19.1. The molecule has 0 atom stereocenters. The van der Waals surface area contributed by atoms with Crippen LogP contribution in [0.4, 0.5) is 5.69 Å². The molecule has 2 heterocycles. The van der Waals surface area contributed by atoms with Gasteiger partial charge in [0.2, 0.25) is 11.8 Å². The maximum Gasteiger partial charge on any atom is 0.230 e. The van der Waals surface area contributed by atoms with Crippen LogP contribution in [0, 0.1) is 5.92 Å². The second-order valence-electron chi connectivity index (χ2n) is 8.60. The third kappa shape index (κ3) is 5.13. The summed E-state index contributed by atoms with van der Waals surface area (Å²) in [6.07, 6.45) is 1.05. The van der Waals surface area contributed by atoms with E-state index in [1.54, 1.807) is 7.11 Å². The molecule has 1 aliphatic heterocycles. The summed E-state index contributed by atoms with van der Waals surface area (Å²) >= 11 is 0. The van der Waals surface area contributed by atoms with Crippen LogP contribution in [-0.4, -0.2) is 49.1 Å². The SMILES string of the molecule is COc1cccc(N2CCN(C(=O)Cc3oc(-c4ccccc4)nc3CC(C)C)CC2)c1. The Hall–Kier alpha value is -3.28. The van der Waals surface area contributed by atoms with E-state index >= 15 is 0 Å². The summed E-state index contributed by atoms with van der Waals surface area (Å²) in [7, 11) is 1.68. The van der Waals surface area contributed by atoms with Gasteiger partial charge in [-0.05, 0) is 36.6 Å². The number of amides is 1. The van der Waals surface area contributed by atoms with Crippen LogP contribution in [0.2, 0.25) is 0 Å². The molecule has 4 rings (SSSR count). The van der Waals surface area contributed by atoms with Crippen LogP contribution in [0.5, 0.6) is 5.75 Å². The number of methoxy groups -OCH3 is 1. The third-order valence-corrected chi connectivity index (χ3v) is 5.76. The van der Waals surface area contributed by atoms with Crippen molar-refractivity contribution >= 4 is 11.6 Å². The largest absolute Gasteiger partial charge is 0.497 e. The topological polar surface area (TPSA) is 58.8 Å². The zero-order chi connectivity index (χ0) is 22.5. The summed E-state index contributed by atoms with van der Waals surface area (Å²) in [5.41, 5.74) is 2.95. The lowest BCUT2D eigenvalue weighted by atomic mass is 10.1. The van der Waals surface area contributed by atoms with Gasteiger partial charge < -0.3 is 19.0 Å². The van der Waals surface area contributed by atoms with Gasteiger partial charge in [-0.1, -0.05) is 38.1 Å². The molecule has 0 spiro atoms. The minimum absolute atomic E-state index is 0.0936. The predicted molar refractivity (Wildman–Crippen MR) is 126 cm³/mol. The van der Waals surface area contributed by atoms with Gasteiger partial charge in [0.05, 0.1) is 19.2 Å². The van der Waals surface area contributed by atoms with Crippen molar-refractivity contribution in [1.82, 2.24) is 9.88 Å². The van der Waals surface area contributed by atoms with Crippen LogP contribution in [0.15, 0.2) is 59.0 Å². The van der Waals surface area contributed by atoms with Gasteiger partial charge in [-0.15, -0.1) is 0 Å². The average molecular weight is 434 g/mol. The molecule has 0 aliphatic carbocycles. The van der Waals surface area contributed by atoms with Crippen LogP contribution in [0.1, 0.15) is 25.3 Å². The number of carbonyl (C=O) groups excluding carboxylic acids is 1. The van der Waals surface area contributed by atoms with E-state index in [9.17, 15) is 4.79 Å². The lowest BCUT2D eigenvalue weighted by molar-refractivity contribution is -0.131. The number of benzene rings is 2. The monoisotopic (exact) mass is 433 g/mol. The fourth-order valence-corrected chi connectivity index (χ4v) is 4.04. The Morgan fingerprint density at radius 3 is 2.50 bits per heavy atom. The van der Waals surface area contributed by atoms with Gasteiger partial charge in [-0.2, -0.15) is 0 Å². The first-order valence-corrected chi connectivity index (χ1v) is 11.2. The average Bonchev–Trinajstić information content (AvgIpc) is 3.21. The molecule has 168 valence electrons. The molecule has 3 aromatic rings. The minimum Gasteiger partial charge on any atom is -0.497 e. The third-order valence-electron chi connectivity index (χ3n) is 5.76. The van der Waals surface area contributed by atoms with Crippen molar-refractivity contribution in [3.8, 4) is 17.2 Å². The molecular formula is C26H31N3O3. The van der Waals surface area contributed by atoms with Crippen LogP contribution < -0.4 is 9.64 Å². The summed E-state index contributed by atoms with van der Waals surface area (Å²) in [5, 5.41) is 0. The van der Waals surface area contributed by atoms with Crippen molar-refractivity contribution in [3.63, 3.8) is 0 Å². The van der Waals surface area contributed by atoms with Crippen molar-refractivity contribution in [2.45, 2.75) is 26.7 Å². The van der Waals surface area contributed by atoms with Gasteiger partial charge in [-0.25, -0.2) is 4.98 Å². The molecule has 0 N–H and O–H groups in total. The van der Waals surface area contributed by atoms with Gasteiger partial charge in [-0.3, -0.25) is 4.79 Å². The van der Waals surface area contributed by atoms with E-state index in [2.05, 4.69) is 24.8 Å². The van der Waals surface area contributed by atoms with Crippen LogP contribution >= 0.6 is 0 Å². The quantitative estimate of drug-likeness (QED) is 0.551. The van der Waals surface area contributed by atoms with E-state index in [-0.39, 0.29) is 12.3 Å². The smallest absolute Gasteiger partial charge is 0.230 e. The lowest BCUT2D eigenvalue weighted by Crippen LogP contribution is -2.49. The summed E-state index contributed by atoms with van der Waals surface area (Å²) in [6.45, 7) is 7.28. The van der Waals surface area contributed by atoms with Crippen molar-refractivity contribution in [3.05, 3.63) is 66.1 Å². The van der Waals surface area contributed by atoms with E-state index < -0.39 is 0 Å². The number of hydrogen-bond donors (Lipinski definition) is 0. The predicted octanol–water partition coefficient (Wildman–Crippen LogP) is 4.44. The van der Waals surface area contributed by atoms with E-state index in [1.807, 2.05) is 53.4 Å². The normalized spacial score (nSPS) is 14.1. The molecule has 2 aromatic carbocycles. The Labute approximate surface area is 189 Å². The molecule has 6 heteroatoms. The molecule has 1 aromatic heterocycles. The molecule has 0 radical (unpaired) electrons. The van der Waals surface area contributed by atoms with Crippen LogP contribution in [0.3, 0.4) is 0 Å². The van der Waals surface area contributed by atoms with Crippen molar-refractivity contribution in [2.24, 2.45) is 5.92 Å². The molecule has 1 aliphatic rings. The van der Waals surface area contributed by atoms with Gasteiger partial charge >= 0.3 is 0 Å². The zero-order valence-corrected chi connectivity index (χ0v) is 19.1. The lowest BCUT2D eigenvalue weighted by Gasteiger charge is -2.36. The van der Waals surface area contributed by atoms with Crippen LogP contribution in [-0.2, 0) is 17.6 Å². The highest BCUT2D eigenvalue weighted by molar-refractivity contribution is 5.79. The van der Waals surface area contributed by atoms with Gasteiger partial charge in [0.15, 0.2) is 0 Å². The van der Waals surface area contributed by atoms with Crippen molar-refractivity contribution in [1.29, 1.82) is 0 Å². The summed E-state index contributed by atoms with van der Waals surface area (Å²) < 4.78 is 11.4. The number of hydrogen-bond acceptors (Lipinski definition) is 5. The molecule has 1 amide bonds. The van der Waals surface area contributed by atoms with Crippen LogP contribution in [0.25, 0.3) is 11.5 Å². The molecule has 0 saturated carbocycles. The minimum atomic E-state index is 0.0936. The first-order valence-electron chi connectivity index (χ1n) is 11.2. The van der Waals surface area contributed by atoms with Crippen molar-refractivity contribution < 1.29 is 13.9 Å². The molecule has 0 unspecified atom stereocenters. The number of piperazine rings is 1. The van der Waals surface area contributed by atoms with Gasteiger partial charge in [0.25, 0.3) is 0 Å². The second kappa shape index (κ2) is 9.90. The number of oxazole rings is 1. The highest BCUT2D eigenvalue weighted by atomic mass is 16.5. The molecule has 32 heavy (non-hydrogen) atoms. The van der Waals surface area contributed by atoms with E-state index in [1.165, 1.54) is 0 Å². The summed E-state index contributed by atoms with van der Waals surface area (Å²) in [4.78, 5) is 22.0. The van der Waals surface area contributed by atoms with E-state index in [0.29, 0.717) is 30.7 Å². The summed E-state index contributed by atoms with van der Waals surface area (Å²) in [5.74, 6) is 2.66. The Bertz CT molecular complexity index is 1040. The molecule has 0 bridgehead atoms. The molecular weight excluding hydrogens is 402 g/mol. The first-order chi connectivity index (χ1) is 15.5. The maximum absolute atomic E-state index is 13.1. The molecule has 6 nitrogen and oxygen atoms in total. The number of rotatable bonds is 7. The van der Waals surface area contributed by atoms with Crippen molar-refractivity contribution in [2.75, 3.05) is 38.2 Å². The Balaban J connectivity index is 1.43. The number of nitrogens with zero attached hydrogens (tertiary/aromatic N) is 3. The fourth-order valence-electron chi connectivity index (χ4n) is 4.04.